The van der Waals surface area contributed by atoms with Crippen molar-refractivity contribution in [3.63, 3.8) is 0 Å². The Balaban J connectivity index is 2.81. The van der Waals surface area contributed by atoms with Gasteiger partial charge in [-0.3, -0.25) is 0 Å². The summed E-state index contributed by atoms with van der Waals surface area (Å²) in [5, 5.41) is 0.801. The predicted octanol–water partition coefficient (Wildman–Crippen LogP) is 4.06. The first-order valence-corrected chi connectivity index (χ1v) is 6.63. The predicted molar refractivity (Wildman–Crippen MR) is 74.2 cm³/mol. The molecule has 1 aromatic carbocycles. The van der Waals surface area contributed by atoms with Gasteiger partial charge in [0.2, 0.25) is 5.76 Å². The highest BCUT2D eigenvalue weighted by atomic mass is 79.9. The van der Waals surface area contributed by atoms with Crippen LogP contribution in [-0.4, -0.2) is 20.2 Å². The summed E-state index contributed by atoms with van der Waals surface area (Å²) in [6, 6.07) is 1.76. The third-order valence-electron chi connectivity index (χ3n) is 2.64. The third kappa shape index (κ3) is 1.93. The number of ether oxygens (including phenoxy) is 2. The molecule has 0 spiro atoms. The second-order valence-corrected chi connectivity index (χ2v) is 5.27. The van der Waals surface area contributed by atoms with E-state index in [1.54, 1.807) is 20.1 Å². The van der Waals surface area contributed by atoms with Crippen LogP contribution in [0, 0.1) is 6.92 Å². The number of methoxy groups -OCH3 is 2. The van der Waals surface area contributed by atoms with Gasteiger partial charge in [-0.25, -0.2) is 4.79 Å². The van der Waals surface area contributed by atoms with Crippen molar-refractivity contribution >= 4 is 48.8 Å². The third-order valence-corrected chi connectivity index (χ3v) is 3.99. The van der Waals surface area contributed by atoms with Crippen molar-refractivity contribution in [1.82, 2.24) is 0 Å². The minimum Gasteiger partial charge on any atom is -0.494 e. The van der Waals surface area contributed by atoms with E-state index in [0.29, 0.717) is 11.3 Å². The smallest absolute Gasteiger partial charge is 0.374 e. The Hall–Kier alpha value is -1.01. The molecule has 1 heterocycles. The standard InChI is InChI=1S/C12H10Br2O4/c1-5-8-7(18-10(5)12(15)17-3)4-6(13)11(16-2)9(8)14/h4H,1-3H3. The van der Waals surface area contributed by atoms with Crippen LogP contribution in [0.5, 0.6) is 5.75 Å². The summed E-state index contributed by atoms with van der Waals surface area (Å²) < 4.78 is 17.0. The van der Waals surface area contributed by atoms with E-state index in [0.717, 1.165) is 19.9 Å². The van der Waals surface area contributed by atoms with Crippen LogP contribution in [0.2, 0.25) is 0 Å². The number of fused-ring (bicyclic) bond motifs is 1. The number of aryl methyl sites for hydroxylation is 1. The van der Waals surface area contributed by atoms with E-state index in [2.05, 4.69) is 36.6 Å². The second kappa shape index (κ2) is 4.93. The van der Waals surface area contributed by atoms with Crippen molar-refractivity contribution < 1.29 is 18.7 Å². The molecule has 0 radical (unpaired) electrons. The molecule has 1 aromatic heterocycles. The maximum absolute atomic E-state index is 11.6. The minimum atomic E-state index is -0.495. The van der Waals surface area contributed by atoms with E-state index in [1.807, 2.05) is 0 Å². The Kier molecular flexibility index (Phi) is 3.68. The zero-order valence-electron chi connectivity index (χ0n) is 9.97. The molecule has 0 amide bonds. The van der Waals surface area contributed by atoms with E-state index in [9.17, 15) is 4.79 Å². The van der Waals surface area contributed by atoms with E-state index in [-0.39, 0.29) is 5.76 Å². The first-order valence-electron chi connectivity index (χ1n) is 5.04. The van der Waals surface area contributed by atoms with Gasteiger partial charge in [0, 0.05) is 10.9 Å². The van der Waals surface area contributed by atoms with Gasteiger partial charge in [0.05, 0.1) is 23.2 Å². The van der Waals surface area contributed by atoms with Gasteiger partial charge in [-0.1, -0.05) is 0 Å². The molecule has 0 bridgehead atoms. The summed E-state index contributed by atoms with van der Waals surface area (Å²) in [5.74, 6) is 0.363. The highest BCUT2D eigenvalue weighted by molar-refractivity contribution is 9.11. The number of carbonyl (C=O) groups is 1. The van der Waals surface area contributed by atoms with Crippen LogP contribution >= 0.6 is 31.9 Å². The maximum atomic E-state index is 11.6. The topological polar surface area (TPSA) is 48.7 Å². The molecule has 0 aliphatic heterocycles. The Morgan fingerprint density at radius 2 is 2.00 bits per heavy atom. The zero-order valence-corrected chi connectivity index (χ0v) is 13.1. The number of hydrogen-bond donors (Lipinski definition) is 0. The average Bonchev–Trinajstić information content (AvgIpc) is 2.66. The molecular formula is C12H10Br2O4. The van der Waals surface area contributed by atoms with Crippen LogP contribution in [0.1, 0.15) is 16.1 Å². The number of halogens is 2. The molecule has 6 heteroatoms. The van der Waals surface area contributed by atoms with Crippen LogP contribution in [0.3, 0.4) is 0 Å². The number of rotatable bonds is 2. The Morgan fingerprint density at radius 1 is 1.33 bits per heavy atom. The first-order chi connectivity index (χ1) is 8.51. The van der Waals surface area contributed by atoms with Crippen molar-refractivity contribution in [1.29, 1.82) is 0 Å². The molecule has 0 fully saturated rings. The summed E-state index contributed by atoms with van der Waals surface area (Å²) in [7, 11) is 2.90. The quantitative estimate of drug-likeness (QED) is 0.740. The molecule has 2 aromatic rings. The highest BCUT2D eigenvalue weighted by Gasteiger charge is 2.22. The molecule has 0 saturated carbocycles. The highest BCUT2D eigenvalue weighted by Crippen LogP contribution is 2.42. The molecule has 2 rings (SSSR count). The van der Waals surface area contributed by atoms with Crippen LogP contribution in [-0.2, 0) is 4.74 Å². The summed E-state index contributed by atoms with van der Waals surface area (Å²) in [5.41, 5.74) is 1.31. The molecule has 0 aliphatic rings. The van der Waals surface area contributed by atoms with Gasteiger partial charge in [0.1, 0.15) is 11.3 Å². The van der Waals surface area contributed by atoms with E-state index in [4.69, 9.17) is 9.15 Å². The average molecular weight is 378 g/mol. The summed E-state index contributed by atoms with van der Waals surface area (Å²) >= 11 is 6.85. The van der Waals surface area contributed by atoms with Gasteiger partial charge < -0.3 is 13.9 Å². The number of esters is 1. The summed E-state index contributed by atoms with van der Waals surface area (Å²) in [6.07, 6.45) is 0. The van der Waals surface area contributed by atoms with E-state index in [1.165, 1.54) is 7.11 Å². The fraction of sp³-hybridized carbons (Fsp3) is 0.250. The first kappa shape index (κ1) is 13.4. The molecule has 0 aliphatic carbocycles. The molecule has 0 N–H and O–H groups in total. The van der Waals surface area contributed by atoms with Crippen molar-refractivity contribution in [3.05, 3.63) is 26.3 Å². The maximum Gasteiger partial charge on any atom is 0.374 e. The van der Waals surface area contributed by atoms with Crippen LogP contribution in [0.15, 0.2) is 19.4 Å². The van der Waals surface area contributed by atoms with Gasteiger partial charge >= 0.3 is 5.97 Å². The molecule has 0 atom stereocenters. The van der Waals surface area contributed by atoms with Gasteiger partial charge in [0.25, 0.3) is 0 Å². The fourth-order valence-electron chi connectivity index (χ4n) is 1.78. The Labute approximate surface area is 120 Å². The van der Waals surface area contributed by atoms with Crippen molar-refractivity contribution in [2.45, 2.75) is 6.92 Å². The molecular weight excluding hydrogens is 368 g/mol. The van der Waals surface area contributed by atoms with Crippen molar-refractivity contribution in [3.8, 4) is 5.75 Å². The second-order valence-electron chi connectivity index (χ2n) is 3.63. The minimum absolute atomic E-state index is 0.202. The monoisotopic (exact) mass is 376 g/mol. The normalized spacial score (nSPS) is 10.7. The lowest BCUT2D eigenvalue weighted by molar-refractivity contribution is 0.0566. The summed E-state index contributed by atoms with van der Waals surface area (Å²) in [4.78, 5) is 11.6. The number of carbonyl (C=O) groups excluding carboxylic acids is 1. The van der Waals surface area contributed by atoms with Crippen LogP contribution in [0.25, 0.3) is 11.0 Å². The summed E-state index contributed by atoms with van der Waals surface area (Å²) in [6.45, 7) is 1.80. The van der Waals surface area contributed by atoms with Crippen molar-refractivity contribution in [2.75, 3.05) is 14.2 Å². The zero-order chi connectivity index (χ0) is 13.4. The SMILES string of the molecule is COC(=O)c1oc2cc(Br)c(OC)c(Br)c2c1C. The molecule has 18 heavy (non-hydrogen) atoms. The number of furan rings is 1. The van der Waals surface area contributed by atoms with Gasteiger partial charge in [0.15, 0.2) is 0 Å². The lowest BCUT2D eigenvalue weighted by atomic mass is 10.1. The molecule has 4 nitrogen and oxygen atoms in total. The van der Waals surface area contributed by atoms with Gasteiger partial charge in [-0.05, 0) is 44.8 Å². The molecule has 0 unspecified atom stereocenters. The number of benzene rings is 1. The van der Waals surface area contributed by atoms with Gasteiger partial charge in [-0.15, -0.1) is 0 Å². The van der Waals surface area contributed by atoms with Crippen LogP contribution < -0.4 is 4.74 Å². The molecule has 96 valence electrons. The largest absolute Gasteiger partial charge is 0.494 e. The number of hydrogen-bond acceptors (Lipinski definition) is 4. The lowest BCUT2D eigenvalue weighted by Crippen LogP contribution is -2.00. The van der Waals surface area contributed by atoms with E-state index < -0.39 is 5.97 Å². The Morgan fingerprint density at radius 3 is 2.56 bits per heavy atom. The van der Waals surface area contributed by atoms with Crippen LogP contribution in [0.4, 0.5) is 0 Å². The van der Waals surface area contributed by atoms with E-state index >= 15 is 0 Å². The van der Waals surface area contributed by atoms with Gasteiger partial charge in [-0.2, -0.15) is 0 Å². The molecule has 0 saturated heterocycles. The lowest BCUT2D eigenvalue weighted by Gasteiger charge is -2.06. The Bertz CT molecular complexity index is 631. The fourth-order valence-corrected chi connectivity index (χ4v) is 3.49. The van der Waals surface area contributed by atoms with Crippen molar-refractivity contribution in [2.24, 2.45) is 0 Å².